The summed E-state index contributed by atoms with van der Waals surface area (Å²) in [5.74, 6) is 3.41. The molecule has 3 aromatic rings. The van der Waals surface area contributed by atoms with Crippen LogP contribution in [0.15, 0.2) is 42.7 Å². The van der Waals surface area contributed by atoms with Gasteiger partial charge < -0.3 is 9.47 Å². The van der Waals surface area contributed by atoms with Gasteiger partial charge in [0, 0.05) is 12.4 Å². The standard InChI is InChI=1S/C18H18N4O2/c1-12-20-18(22(21-12)15-6-8-19-9-7-15)14-10-13-4-3-5-16(23-2)17(13)24-11-14/h3-9,14H,10-11H2,1-2H3/t14-/m1/s1. The number of ether oxygens (including phenoxy) is 2. The van der Waals surface area contributed by atoms with Crippen LogP contribution in [0.4, 0.5) is 0 Å². The minimum atomic E-state index is 0.138. The Morgan fingerprint density at radius 1 is 1.21 bits per heavy atom. The highest BCUT2D eigenvalue weighted by molar-refractivity contribution is 5.48. The molecular formula is C18H18N4O2. The fraction of sp³-hybridized carbons (Fsp3) is 0.278. The average molecular weight is 322 g/mol. The Bertz CT molecular complexity index is 861. The Balaban J connectivity index is 1.71. The van der Waals surface area contributed by atoms with E-state index in [1.165, 1.54) is 0 Å². The zero-order chi connectivity index (χ0) is 16.5. The second-order valence-corrected chi connectivity index (χ2v) is 5.80. The van der Waals surface area contributed by atoms with E-state index in [1.54, 1.807) is 19.5 Å². The number of aryl methyl sites for hydroxylation is 1. The highest BCUT2D eigenvalue weighted by Gasteiger charge is 2.28. The third kappa shape index (κ3) is 2.50. The molecule has 1 aliphatic heterocycles. The molecule has 3 heterocycles. The summed E-state index contributed by atoms with van der Waals surface area (Å²) in [4.78, 5) is 8.71. The number of benzene rings is 1. The van der Waals surface area contributed by atoms with Crippen LogP contribution < -0.4 is 9.47 Å². The molecule has 2 aromatic heterocycles. The van der Waals surface area contributed by atoms with Gasteiger partial charge in [-0.05, 0) is 37.1 Å². The molecule has 1 aromatic carbocycles. The maximum Gasteiger partial charge on any atom is 0.164 e. The monoisotopic (exact) mass is 322 g/mol. The van der Waals surface area contributed by atoms with Crippen LogP contribution in [-0.2, 0) is 6.42 Å². The quantitative estimate of drug-likeness (QED) is 0.742. The molecule has 1 aliphatic rings. The highest BCUT2D eigenvalue weighted by atomic mass is 16.5. The van der Waals surface area contributed by atoms with E-state index in [0.717, 1.165) is 40.8 Å². The number of fused-ring (bicyclic) bond motifs is 1. The number of pyridine rings is 1. The molecule has 0 aliphatic carbocycles. The Hall–Kier alpha value is -2.89. The number of aromatic nitrogens is 4. The first-order chi connectivity index (χ1) is 11.8. The van der Waals surface area contributed by atoms with E-state index in [9.17, 15) is 0 Å². The van der Waals surface area contributed by atoms with Gasteiger partial charge in [0.25, 0.3) is 0 Å². The number of hydrogen-bond donors (Lipinski definition) is 0. The van der Waals surface area contributed by atoms with Crippen molar-refractivity contribution in [3.63, 3.8) is 0 Å². The van der Waals surface area contributed by atoms with E-state index in [4.69, 9.17) is 9.47 Å². The molecule has 0 unspecified atom stereocenters. The molecular weight excluding hydrogens is 304 g/mol. The van der Waals surface area contributed by atoms with E-state index in [1.807, 2.05) is 35.9 Å². The summed E-state index contributed by atoms with van der Waals surface area (Å²) in [6, 6.07) is 9.84. The van der Waals surface area contributed by atoms with E-state index in [0.29, 0.717) is 6.61 Å². The SMILES string of the molecule is COc1cccc2c1OC[C@H](c1nc(C)nn1-c1ccncc1)C2. The van der Waals surface area contributed by atoms with Gasteiger partial charge in [0.2, 0.25) is 0 Å². The molecule has 122 valence electrons. The second kappa shape index (κ2) is 5.96. The van der Waals surface area contributed by atoms with E-state index < -0.39 is 0 Å². The summed E-state index contributed by atoms with van der Waals surface area (Å²) in [7, 11) is 1.66. The topological polar surface area (TPSA) is 62.1 Å². The van der Waals surface area contributed by atoms with Crippen LogP contribution in [0.3, 0.4) is 0 Å². The van der Waals surface area contributed by atoms with Crippen LogP contribution >= 0.6 is 0 Å². The van der Waals surface area contributed by atoms with Gasteiger partial charge in [-0.15, -0.1) is 0 Å². The summed E-state index contributed by atoms with van der Waals surface area (Å²) < 4.78 is 13.3. The van der Waals surface area contributed by atoms with E-state index in [-0.39, 0.29) is 5.92 Å². The van der Waals surface area contributed by atoms with Gasteiger partial charge in [0.1, 0.15) is 11.6 Å². The zero-order valence-electron chi connectivity index (χ0n) is 13.6. The summed E-state index contributed by atoms with van der Waals surface area (Å²) in [6.45, 7) is 2.46. The molecule has 0 fully saturated rings. The van der Waals surface area contributed by atoms with Gasteiger partial charge in [-0.2, -0.15) is 5.10 Å². The largest absolute Gasteiger partial charge is 0.493 e. The summed E-state index contributed by atoms with van der Waals surface area (Å²) in [5.41, 5.74) is 2.09. The Morgan fingerprint density at radius 3 is 2.83 bits per heavy atom. The van der Waals surface area contributed by atoms with Crippen LogP contribution in [0.1, 0.15) is 23.1 Å². The van der Waals surface area contributed by atoms with Crippen LogP contribution in [0.5, 0.6) is 11.5 Å². The van der Waals surface area contributed by atoms with Gasteiger partial charge in [0.15, 0.2) is 11.5 Å². The van der Waals surface area contributed by atoms with Crippen molar-refractivity contribution in [2.45, 2.75) is 19.3 Å². The van der Waals surface area contributed by atoms with Gasteiger partial charge in [-0.25, -0.2) is 9.67 Å². The Kier molecular flexibility index (Phi) is 3.65. The molecule has 24 heavy (non-hydrogen) atoms. The number of hydrogen-bond acceptors (Lipinski definition) is 5. The number of rotatable bonds is 3. The highest BCUT2D eigenvalue weighted by Crippen LogP contribution is 2.38. The predicted molar refractivity (Wildman–Crippen MR) is 88.8 cm³/mol. The minimum Gasteiger partial charge on any atom is -0.493 e. The Labute approximate surface area is 140 Å². The second-order valence-electron chi connectivity index (χ2n) is 5.80. The van der Waals surface area contributed by atoms with Gasteiger partial charge in [0.05, 0.1) is 25.3 Å². The predicted octanol–water partition coefficient (Wildman–Crippen LogP) is 2.70. The molecule has 0 amide bonds. The molecule has 0 saturated carbocycles. The molecule has 0 radical (unpaired) electrons. The van der Waals surface area contributed by atoms with Crippen LogP contribution in [-0.4, -0.2) is 33.5 Å². The fourth-order valence-electron chi connectivity index (χ4n) is 3.09. The van der Waals surface area contributed by atoms with Gasteiger partial charge >= 0.3 is 0 Å². The third-order valence-corrected chi connectivity index (χ3v) is 4.19. The fourth-order valence-corrected chi connectivity index (χ4v) is 3.09. The molecule has 0 saturated heterocycles. The first-order valence-electron chi connectivity index (χ1n) is 7.89. The van der Waals surface area contributed by atoms with Crippen LogP contribution in [0.2, 0.25) is 0 Å². The zero-order valence-corrected chi connectivity index (χ0v) is 13.6. The lowest BCUT2D eigenvalue weighted by Gasteiger charge is -2.26. The van der Waals surface area contributed by atoms with Crippen molar-refractivity contribution in [2.75, 3.05) is 13.7 Å². The first kappa shape index (κ1) is 14.7. The molecule has 0 bridgehead atoms. The number of para-hydroxylation sites is 1. The van der Waals surface area contributed by atoms with Crippen molar-refractivity contribution in [3.8, 4) is 17.2 Å². The van der Waals surface area contributed by atoms with Crippen LogP contribution in [0.25, 0.3) is 5.69 Å². The van der Waals surface area contributed by atoms with Crippen molar-refractivity contribution in [2.24, 2.45) is 0 Å². The van der Waals surface area contributed by atoms with Crippen molar-refractivity contribution in [1.29, 1.82) is 0 Å². The van der Waals surface area contributed by atoms with Crippen molar-refractivity contribution in [3.05, 3.63) is 59.9 Å². The van der Waals surface area contributed by atoms with Crippen LogP contribution in [0, 0.1) is 6.92 Å². The maximum atomic E-state index is 5.99. The van der Waals surface area contributed by atoms with E-state index in [2.05, 4.69) is 21.1 Å². The molecule has 4 rings (SSSR count). The lowest BCUT2D eigenvalue weighted by molar-refractivity contribution is 0.242. The molecule has 6 nitrogen and oxygen atoms in total. The van der Waals surface area contributed by atoms with Crippen molar-refractivity contribution >= 4 is 0 Å². The number of methoxy groups -OCH3 is 1. The Morgan fingerprint density at radius 2 is 2.04 bits per heavy atom. The first-order valence-corrected chi connectivity index (χ1v) is 7.89. The van der Waals surface area contributed by atoms with Gasteiger partial charge in [-0.3, -0.25) is 4.98 Å². The van der Waals surface area contributed by atoms with E-state index >= 15 is 0 Å². The minimum absolute atomic E-state index is 0.138. The van der Waals surface area contributed by atoms with Crippen molar-refractivity contribution in [1.82, 2.24) is 19.7 Å². The number of nitrogens with zero attached hydrogens (tertiary/aromatic N) is 4. The molecule has 0 N–H and O–H groups in total. The lowest BCUT2D eigenvalue weighted by atomic mass is 9.95. The molecule has 6 heteroatoms. The third-order valence-electron chi connectivity index (χ3n) is 4.19. The van der Waals surface area contributed by atoms with Crippen molar-refractivity contribution < 1.29 is 9.47 Å². The molecule has 0 spiro atoms. The average Bonchev–Trinajstić information content (AvgIpc) is 3.03. The normalized spacial score (nSPS) is 16.3. The maximum absolute atomic E-state index is 5.99. The summed E-state index contributed by atoms with van der Waals surface area (Å²) >= 11 is 0. The lowest BCUT2D eigenvalue weighted by Crippen LogP contribution is -2.23. The van der Waals surface area contributed by atoms with Gasteiger partial charge in [-0.1, -0.05) is 12.1 Å². The summed E-state index contributed by atoms with van der Waals surface area (Å²) in [6.07, 6.45) is 4.36. The molecule has 1 atom stereocenters. The summed E-state index contributed by atoms with van der Waals surface area (Å²) in [5, 5.41) is 4.54. The smallest absolute Gasteiger partial charge is 0.164 e.